The van der Waals surface area contributed by atoms with Crippen LogP contribution in [0.3, 0.4) is 0 Å². The van der Waals surface area contributed by atoms with E-state index in [-0.39, 0.29) is 17.3 Å². The van der Waals surface area contributed by atoms with Crippen LogP contribution in [0.1, 0.15) is 22.2 Å². The van der Waals surface area contributed by atoms with Gasteiger partial charge < -0.3 is 4.90 Å². The van der Waals surface area contributed by atoms with Crippen molar-refractivity contribution in [2.45, 2.75) is 18.4 Å². The Labute approximate surface area is 156 Å². The van der Waals surface area contributed by atoms with Crippen molar-refractivity contribution in [3.8, 4) is 12.3 Å². The second kappa shape index (κ2) is 8.50. The summed E-state index contributed by atoms with van der Waals surface area (Å²) in [5.41, 5.74) is 0.417. The van der Waals surface area contributed by atoms with Gasteiger partial charge in [-0.05, 0) is 43.3 Å². The largest absolute Gasteiger partial charge is 0.334 e. The van der Waals surface area contributed by atoms with Crippen LogP contribution in [0.15, 0.2) is 41.3 Å². The van der Waals surface area contributed by atoms with Crippen LogP contribution in [-0.4, -0.2) is 32.3 Å². The molecule has 0 unspecified atom stereocenters. The van der Waals surface area contributed by atoms with E-state index in [4.69, 9.17) is 18.0 Å². The number of rotatable bonds is 7. The zero-order valence-electron chi connectivity index (χ0n) is 13.5. The summed E-state index contributed by atoms with van der Waals surface area (Å²) >= 11 is 7.35. The summed E-state index contributed by atoms with van der Waals surface area (Å²) in [6.45, 7) is 2.78. The Kier molecular flexibility index (Phi) is 6.62. The molecule has 0 aliphatic heterocycles. The first kappa shape index (κ1) is 19.5. The molecular formula is C17H17ClN2O3S2. The predicted octanol–water partition coefficient (Wildman–Crippen LogP) is 2.98. The molecule has 0 bridgehead atoms. The minimum absolute atomic E-state index is 0.0624. The number of hydrogen-bond donors (Lipinski definition) is 1. The van der Waals surface area contributed by atoms with E-state index in [2.05, 4.69) is 10.6 Å². The molecule has 0 aliphatic rings. The Morgan fingerprint density at radius 3 is 2.48 bits per heavy atom. The van der Waals surface area contributed by atoms with Crippen LogP contribution >= 0.6 is 22.9 Å². The Hall–Kier alpha value is -1.85. The predicted molar refractivity (Wildman–Crippen MR) is 100 cm³/mol. The van der Waals surface area contributed by atoms with Gasteiger partial charge in [-0.25, -0.2) is 8.42 Å². The number of benzene rings is 1. The van der Waals surface area contributed by atoms with E-state index in [0.29, 0.717) is 23.0 Å². The van der Waals surface area contributed by atoms with Crippen molar-refractivity contribution in [1.82, 2.24) is 9.62 Å². The maximum atomic E-state index is 12.6. The number of nitrogens with one attached hydrogen (secondary N) is 1. The van der Waals surface area contributed by atoms with Gasteiger partial charge in [0.05, 0.1) is 22.3 Å². The molecule has 0 fully saturated rings. The molecule has 0 saturated carbocycles. The molecular weight excluding hydrogens is 380 g/mol. The minimum Gasteiger partial charge on any atom is -0.334 e. The highest BCUT2D eigenvalue weighted by molar-refractivity contribution is 7.89. The quantitative estimate of drug-likeness (QED) is 0.731. The Bertz CT molecular complexity index is 883. The highest BCUT2D eigenvalue weighted by Gasteiger charge is 2.18. The fourth-order valence-corrected chi connectivity index (χ4v) is 4.17. The molecule has 0 atom stereocenters. The summed E-state index contributed by atoms with van der Waals surface area (Å²) in [5, 5.41) is 0. The molecule has 8 heteroatoms. The number of carbonyl (C=O) groups is 1. The lowest BCUT2D eigenvalue weighted by Gasteiger charge is -2.20. The third kappa shape index (κ3) is 5.06. The molecule has 0 spiro atoms. The van der Waals surface area contributed by atoms with E-state index in [9.17, 15) is 13.2 Å². The van der Waals surface area contributed by atoms with Gasteiger partial charge in [0.25, 0.3) is 5.91 Å². The van der Waals surface area contributed by atoms with E-state index in [1.54, 1.807) is 11.0 Å². The summed E-state index contributed by atoms with van der Waals surface area (Å²) in [6, 6.07) is 9.45. The molecule has 1 aromatic carbocycles. The van der Waals surface area contributed by atoms with E-state index in [1.165, 1.54) is 35.6 Å². The first-order chi connectivity index (χ1) is 11.9. The third-order valence-electron chi connectivity index (χ3n) is 3.42. The Morgan fingerprint density at radius 1 is 1.28 bits per heavy atom. The summed E-state index contributed by atoms with van der Waals surface area (Å²) < 4.78 is 26.9. The lowest BCUT2D eigenvalue weighted by atomic mass is 10.2. The molecule has 0 radical (unpaired) electrons. The maximum absolute atomic E-state index is 12.6. The lowest BCUT2D eigenvalue weighted by Crippen LogP contribution is -2.30. The van der Waals surface area contributed by atoms with E-state index >= 15 is 0 Å². The van der Waals surface area contributed by atoms with Gasteiger partial charge >= 0.3 is 0 Å². The van der Waals surface area contributed by atoms with Crippen molar-refractivity contribution >= 4 is 38.9 Å². The third-order valence-corrected chi connectivity index (χ3v) is 6.05. The molecule has 0 aliphatic carbocycles. The van der Waals surface area contributed by atoms with Gasteiger partial charge in [-0.1, -0.05) is 17.5 Å². The lowest BCUT2D eigenvalue weighted by molar-refractivity contribution is 0.0754. The van der Waals surface area contributed by atoms with Crippen LogP contribution in [0, 0.1) is 12.3 Å². The molecule has 1 heterocycles. The fourth-order valence-electron chi connectivity index (χ4n) is 2.13. The normalized spacial score (nSPS) is 11.1. The van der Waals surface area contributed by atoms with E-state index < -0.39 is 10.0 Å². The number of terminal acetylenes is 1. The molecule has 1 amide bonds. The second-order valence-electron chi connectivity index (χ2n) is 5.08. The zero-order valence-corrected chi connectivity index (χ0v) is 15.9. The SMILES string of the molecule is C#CCNS(=O)(=O)c1ccc(C(=O)N(CC)Cc2ccc(Cl)s2)cc1. The smallest absolute Gasteiger partial charge is 0.254 e. The average Bonchev–Trinajstić information content (AvgIpc) is 3.02. The van der Waals surface area contributed by atoms with Gasteiger partial charge in [0.2, 0.25) is 10.0 Å². The Balaban J connectivity index is 2.14. The summed E-state index contributed by atoms with van der Waals surface area (Å²) in [7, 11) is -3.67. The van der Waals surface area contributed by atoms with E-state index in [1.807, 2.05) is 13.0 Å². The van der Waals surface area contributed by atoms with Crippen molar-refractivity contribution in [3.63, 3.8) is 0 Å². The van der Waals surface area contributed by atoms with Crippen LogP contribution in [0.25, 0.3) is 0 Å². The van der Waals surface area contributed by atoms with Crippen LogP contribution in [0.2, 0.25) is 4.34 Å². The van der Waals surface area contributed by atoms with Crippen LogP contribution in [0.4, 0.5) is 0 Å². The number of sulfonamides is 1. The van der Waals surface area contributed by atoms with Crippen molar-refractivity contribution in [2.75, 3.05) is 13.1 Å². The van der Waals surface area contributed by atoms with Crippen molar-refractivity contribution in [2.24, 2.45) is 0 Å². The number of amides is 1. The highest BCUT2D eigenvalue weighted by Crippen LogP contribution is 2.23. The highest BCUT2D eigenvalue weighted by atomic mass is 35.5. The molecule has 2 rings (SSSR count). The second-order valence-corrected chi connectivity index (χ2v) is 8.64. The molecule has 5 nitrogen and oxygen atoms in total. The van der Waals surface area contributed by atoms with Crippen LogP contribution in [-0.2, 0) is 16.6 Å². The molecule has 25 heavy (non-hydrogen) atoms. The number of halogens is 1. The molecule has 1 aromatic heterocycles. The van der Waals surface area contributed by atoms with Gasteiger partial charge in [-0.15, -0.1) is 17.8 Å². The van der Waals surface area contributed by atoms with Gasteiger partial charge in [-0.2, -0.15) is 4.72 Å². The molecule has 132 valence electrons. The van der Waals surface area contributed by atoms with Gasteiger partial charge in [0, 0.05) is 17.0 Å². The standard InChI is InChI=1S/C17H17ClN2O3S2/c1-3-11-19-25(22,23)15-8-5-13(6-9-15)17(21)20(4-2)12-14-7-10-16(18)24-14/h1,5-10,19H,4,11-12H2,2H3. The van der Waals surface area contributed by atoms with Crippen molar-refractivity contribution in [1.29, 1.82) is 0 Å². The number of carbonyl (C=O) groups excluding carboxylic acids is 1. The summed E-state index contributed by atoms with van der Waals surface area (Å²) in [6.07, 6.45) is 5.06. The first-order valence-electron chi connectivity index (χ1n) is 7.44. The Morgan fingerprint density at radius 2 is 1.96 bits per heavy atom. The van der Waals surface area contributed by atoms with Gasteiger partial charge in [0.15, 0.2) is 0 Å². The zero-order chi connectivity index (χ0) is 18.4. The summed E-state index contributed by atoms with van der Waals surface area (Å²) in [5.74, 6) is 2.04. The number of hydrogen-bond acceptors (Lipinski definition) is 4. The van der Waals surface area contributed by atoms with Gasteiger partial charge in [0.1, 0.15) is 0 Å². The number of nitrogens with zero attached hydrogens (tertiary/aromatic N) is 1. The maximum Gasteiger partial charge on any atom is 0.254 e. The molecule has 0 saturated heterocycles. The molecule has 2 aromatic rings. The number of thiophene rings is 1. The van der Waals surface area contributed by atoms with Gasteiger partial charge in [-0.3, -0.25) is 4.79 Å². The van der Waals surface area contributed by atoms with Crippen LogP contribution < -0.4 is 4.72 Å². The summed E-state index contributed by atoms with van der Waals surface area (Å²) in [4.78, 5) is 15.3. The van der Waals surface area contributed by atoms with Crippen molar-refractivity contribution in [3.05, 3.63) is 51.2 Å². The van der Waals surface area contributed by atoms with Crippen LogP contribution in [0.5, 0.6) is 0 Å². The monoisotopic (exact) mass is 396 g/mol. The average molecular weight is 397 g/mol. The molecule has 1 N–H and O–H groups in total. The van der Waals surface area contributed by atoms with Crippen molar-refractivity contribution < 1.29 is 13.2 Å². The topological polar surface area (TPSA) is 66.5 Å². The van der Waals surface area contributed by atoms with E-state index in [0.717, 1.165) is 4.88 Å². The fraction of sp³-hybridized carbons (Fsp3) is 0.235. The minimum atomic E-state index is -3.67. The first-order valence-corrected chi connectivity index (χ1v) is 10.1.